The molecule has 1 N–H and O–H groups in total. The fourth-order valence-corrected chi connectivity index (χ4v) is 4.42. The van der Waals surface area contributed by atoms with Crippen LogP contribution in [0.2, 0.25) is 10.0 Å². The molecule has 0 amide bonds. The number of rotatable bonds is 13. The van der Waals surface area contributed by atoms with Gasteiger partial charge in [0.25, 0.3) is 0 Å². The molecule has 0 bridgehead atoms. The van der Waals surface area contributed by atoms with Gasteiger partial charge < -0.3 is 14.2 Å². The lowest BCUT2D eigenvalue weighted by Crippen LogP contribution is -2.37. The van der Waals surface area contributed by atoms with Crippen LogP contribution in [-0.2, 0) is 25.0 Å². The zero-order chi connectivity index (χ0) is 26.2. The Hall–Kier alpha value is -1.71. The fraction of sp³-hybridized carbons (Fsp3) is 0.458. The van der Waals surface area contributed by atoms with Gasteiger partial charge in [0, 0.05) is 18.2 Å². The van der Waals surface area contributed by atoms with Crippen LogP contribution in [0.15, 0.2) is 36.4 Å². The van der Waals surface area contributed by atoms with E-state index in [1.54, 1.807) is 12.1 Å². The summed E-state index contributed by atoms with van der Waals surface area (Å²) in [5.41, 5.74) is 1.47. The van der Waals surface area contributed by atoms with Gasteiger partial charge in [-0.3, -0.25) is 4.79 Å². The van der Waals surface area contributed by atoms with Crippen LogP contribution in [0.25, 0.3) is 0 Å². The van der Waals surface area contributed by atoms with Crippen molar-refractivity contribution in [1.82, 2.24) is 4.72 Å². The second-order valence-electron chi connectivity index (χ2n) is 8.47. The Morgan fingerprint density at radius 2 is 1.66 bits per heavy atom. The zero-order valence-electron chi connectivity index (χ0n) is 20.1. The molecule has 0 radical (unpaired) electrons. The van der Waals surface area contributed by atoms with Crippen LogP contribution in [0.3, 0.4) is 0 Å². The van der Waals surface area contributed by atoms with E-state index in [9.17, 15) is 13.2 Å². The Balaban J connectivity index is 2.12. The molecular formula is C24H30Cl3NO6S. The summed E-state index contributed by atoms with van der Waals surface area (Å²) >= 11 is 18.6. The van der Waals surface area contributed by atoms with Crippen molar-refractivity contribution in [3.8, 4) is 11.5 Å². The SMILES string of the molecule is CC(=O)O[C@H](CNS(C)(=O)=O)COc1ccc(C(C)(C)c2cc(Cl)c(OCCCCl)c(Cl)c2)cc1. The van der Waals surface area contributed by atoms with E-state index in [0.29, 0.717) is 40.5 Å². The third-order valence-electron chi connectivity index (χ3n) is 5.16. The molecule has 194 valence electrons. The first kappa shape index (κ1) is 29.5. The van der Waals surface area contributed by atoms with Gasteiger partial charge in [0.15, 0.2) is 5.75 Å². The van der Waals surface area contributed by atoms with Crippen LogP contribution in [0, 0.1) is 0 Å². The average Bonchev–Trinajstić information content (AvgIpc) is 2.76. The molecule has 0 unspecified atom stereocenters. The average molecular weight is 567 g/mol. The zero-order valence-corrected chi connectivity index (χ0v) is 23.2. The van der Waals surface area contributed by atoms with Crippen LogP contribution in [0.4, 0.5) is 0 Å². The van der Waals surface area contributed by atoms with E-state index in [2.05, 4.69) is 4.72 Å². The highest BCUT2D eigenvalue weighted by Gasteiger charge is 2.26. The van der Waals surface area contributed by atoms with Crippen LogP contribution < -0.4 is 14.2 Å². The van der Waals surface area contributed by atoms with Gasteiger partial charge in [0.1, 0.15) is 18.5 Å². The molecule has 11 heteroatoms. The molecule has 0 aromatic heterocycles. The van der Waals surface area contributed by atoms with E-state index in [1.165, 1.54) is 6.92 Å². The lowest BCUT2D eigenvalue weighted by Gasteiger charge is -2.27. The number of benzene rings is 2. The van der Waals surface area contributed by atoms with Gasteiger partial charge in [0.05, 0.1) is 29.5 Å². The molecule has 0 aliphatic rings. The van der Waals surface area contributed by atoms with Crippen molar-refractivity contribution in [3.63, 3.8) is 0 Å². The molecule has 0 aliphatic heterocycles. The molecule has 0 aliphatic carbocycles. The van der Waals surface area contributed by atoms with E-state index >= 15 is 0 Å². The van der Waals surface area contributed by atoms with Gasteiger partial charge in [-0.15, -0.1) is 11.6 Å². The van der Waals surface area contributed by atoms with Gasteiger partial charge in [-0.1, -0.05) is 49.2 Å². The normalized spacial score (nSPS) is 12.8. The standard InChI is InChI=1S/C24H30Cl3NO6S/c1-16(29)34-20(14-28-35(4,30)31)15-33-19-8-6-17(7-9-19)24(2,3)18-12-21(26)23(22(27)13-18)32-11-5-10-25/h6-9,12-13,20,28H,5,10-11,14-15H2,1-4H3/t20-/m1/s1. The molecule has 0 saturated carbocycles. The second-order valence-corrected chi connectivity index (χ2v) is 11.5. The summed E-state index contributed by atoms with van der Waals surface area (Å²) in [5.74, 6) is 0.940. The van der Waals surface area contributed by atoms with Crippen molar-refractivity contribution >= 4 is 50.8 Å². The first-order valence-electron chi connectivity index (χ1n) is 10.9. The molecule has 0 spiro atoms. The molecule has 0 fully saturated rings. The van der Waals surface area contributed by atoms with Crippen LogP contribution in [-0.4, -0.2) is 52.4 Å². The second kappa shape index (κ2) is 13.0. The van der Waals surface area contributed by atoms with Gasteiger partial charge in [-0.05, 0) is 41.8 Å². The van der Waals surface area contributed by atoms with Crippen LogP contribution in [0.1, 0.15) is 38.3 Å². The Bertz CT molecular complexity index is 1080. The van der Waals surface area contributed by atoms with E-state index in [-0.39, 0.29) is 13.2 Å². The maximum Gasteiger partial charge on any atom is 0.303 e. The van der Waals surface area contributed by atoms with E-state index < -0.39 is 27.5 Å². The molecule has 7 nitrogen and oxygen atoms in total. The molecule has 2 rings (SSSR count). The summed E-state index contributed by atoms with van der Waals surface area (Å²) in [6.45, 7) is 5.67. The number of carbonyl (C=O) groups excluding carboxylic acids is 1. The first-order valence-corrected chi connectivity index (χ1v) is 14.0. The van der Waals surface area contributed by atoms with Crippen molar-refractivity contribution in [3.05, 3.63) is 57.6 Å². The molecule has 35 heavy (non-hydrogen) atoms. The monoisotopic (exact) mass is 565 g/mol. The molecule has 1 atom stereocenters. The van der Waals surface area contributed by atoms with Crippen molar-refractivity contribution in [2.24, 2.45) is 0 Å². The Kier molecular flexibility index (Phi) is 11.0. The highest BCUT2D eigenvalue weighted by molar-refractivity contribution is 7.88. The number of hydrogen-bond donors (Lipinski definition) is 1. The summed E-state index contributed by atoms with van der Waals surface area (Å²) < 4.78 is 41.5. The quantitative estimate of drug-likeness (QED) is 0.204. The van der Waals surface area contributed by atoms with E-state index in [0.717, 1.165) is 17.4 Å². The van der Waals surface area contributed by atoms with Crippen LogP contribution >= 0.6 is 34.8 Å². The third-order valence-corrected chi connectivity index (χ3v) is 6.68. The first-order chi connectivity index (χ1) is 16.3. The third kappa shape index (κ3) is 9.35. The van der Waals surface area contributed by atoms with Gasteiger partial charge >= 0.3 is 5.97 Å². The van der Waals surface area contributed by atoms with E-state index in [1.807, 2.05) is 38.1 Å². The van der Waals surface area contributed by atoms with Crippen molar-refractivity contribution in [2.45, 2.75) is 38.7 Å². The minimum Gasteiger partial charge on any atom is -0.490 e. The maximum absolute atomic E-state index is 11.3. The number of halogens is 3. The number of carbonyl (C=O) groups is 1. The summed E-state index contributed by atoms with van der Waals surface area (Å²) in [7, 11) is -3.43. The van der Waals surface area contributed by atoms with Crippen molar-refractivity contribution in [1.29, 1.82) is 0 Å². The Morgan fingerprint density at radius 1 is 1.06 bits per heavy atom. The predicted molar refractivity (Wildman–Crippen MR) is 140 cm³/mol. The van der Waals surface area contributed by atoms with Crippen molar-refractivity contribution in [2.75, 3.05) is 31.9 Å². The number of nitrogens with one attached hydrogen (secondary N) is 1. The highest BCUT2D eigenvalue weighted by Crippen LogP contribution is 2.40. The number of alkyl halides is 1. The Labute approximate surface area is 222 Å². The number of hydrogen-bond acceptors (Lipinski definition) is 6. The van der Waals surface area contributed by atoms with Gasteiger partial charge in [0.2, 0.25) is 10.0 Å². The molecule has 2 aromatic rings. The van der Waals surface area contributed by atoms with Crippen LogP contribution in [0.5, 0.6) is 11.5 Å². The smallest absolute Gasteiger partial charge is 0.303 e. The summed E-state index contributed by atoms with van der Waals surface area (Å²) in [6.07, 6.45) is 0.945. The molecule has 0 heterocycles. The summed E-state index contributed by atoms with van der Waals surface area (Å²) in [6, 6.07) is 11.1. The molecule has 2 aromatic carbocycles. The largest absolute Gasteiger partial charge is 0.490 e. The fourth-order valence-electron chi connectivity index (χ4n) is 3.22. The predicted octanol–water partition coefficient (Wildman–Crippen LogP) is 5.19. The maximum atomic E-state index is 11.3. The topological polar surface area (TPSA) is 90.9 Å². The highest BCUT2D eigenvalue weighted by atomic mass is 35.5. The number of sulfonamides is 1. The summed E-state index contributed by atoms with van der Waals surface area (Å²) in [4.78, 5) is 11.3. The lowest BCUT2D eigenvalue weighted by molar-refractivity contribution is -0.147. The molecule has 0 saturated heterocycles. The number of esters is 1. The van der Waals surface area contributed by atoms with E-state index in [4.69, 9.17) is 49.0 Å². The minimum atomic E-state index is -3.43. The lowest BCUT2D eigenvalue weighted by atomic mass is 9.78. The van der Waals surface area contributed by atoms with Gasteiger partial charge in [-0.2, -0.15) is 0 Å². The Morgan fingerprint density at radius 3 is 2.17 bits per heavy atom. The number of ether oxygens (including phenoxy) is 3. The van der Waals surface area contributed by atoms with Gasteiger partial charge in [-0.25, -0.2) is 13.1 Å². The molecular weight excluding hydrogens is 537 g/mol. The minimum absolute atomic E-state index is 0.0127. The van der Waals surface area contributed by atoms with Crippen molar-refractivity contribution < 1.29 is 27.4 Å². The summed E-state index contributed by atoms with van der Waals surface area (Å²) in [5, 5.41) is 0.851.